The largest absolute Gasteiger partial charge is 0.486 e. The highest BCUT2D eigenvalue weighted by Crippen LogP contribution is 2.30. The van der Waals surface area contributed by atoms with Crippen LogP contribution in [0, 0.1) is 0 Å². The number of carbonyl (C=O) groups is 2. The van der Waals surface area contributed by atoms with Crippen LogP contribution in [0.25, 0.3) is 0 Å². The summed E-state index contributed by atoms with van der Waals surface area (Å²) in [6.07, 6.45) is 2.10. The van der Waals surface area contributed by atoms with Gasteiger partial charge < -0.3 is 19.1 Å². The molecule has 0 bridgehead atoms. The van der Waals surface area contributed by atoms with Crippen molar-refractivity contribution in [2.24, 2.45) is 0 Å². The molecule has 8 nitrogen and oxygen atoms in total. The average Bonchev–Trinajstić information content (AvgIpc) is 3.06. The normalized spacial score (nSPS) is 19.6. The number of esters is 1. The average molecular weight is 426 g/mol. The number of hydrogen-bond acceptors (Lipinski definition) is 7. The molecular weight excluding hydrogens is 398 g/mol. The molecule has 0 saturated carbocycles. The first-order chi connectivity index (χ1) is 13.9. The third-order valence-electron chi connectivity index (χ3n) is 5.03. The number of amides is 1. The van der Waals surface area contributed by atoms with Gasteiger partial charge in [0.25, 0.3) is 5.91 Å². The number of benzene rings is 1. The number of hydrogen-bond donors (Lipinski definition) is 0. The van der Waals surface area contributed by atoms with Gasteiger partial charge in [0.15, 0.2) is 27.9 Å². The number of unbranched alkanes of at least 4 members (excludes halogenated alkanes) is 1. The minimum absolute atomic E-state index is 0.0106. The number of nitrogens with zero attached hydrogens (tertiary/aromatic N) is 1. The van der Waals surface area contributed by atoms with Crippen molar-refractivity contribution in [2.75, 3.05) is 37.9 Å². The van der Waals surface area contributed by atoms with Crippen LogP contribution in [-0.2, 0) is 30.6 Å². The lowest BCUT2D eigenvalue weighted by Crippen LogP contribution is -2.44. The summed E-state index contributed by atoms with van der Waals surface area (Å²) in [5, 5.41) is 0. The summed E-state index contributed by atoms with van der Waals surface area (Å²) in [6.45, 7) is 3.04. The third kappa shape index (κ3) is 5.85. The number of ether oxygens (including phenoxy) is 3. The maximum atomic E-state index is 12.6. The molecular formula is C20H27NO7S. The van der Waals surface area contributed by atoms with Crippen molar-refractivity contribution in [3.8, 4) is 11.5 Å². The first kappa shape index (κ1) is 21.4. The van der Waals surface area contributed by atoms with Gasteiger partial charge in [0, 0.05) is 12.6 Å². The molecule has 9 heteroatoms. The highest BCUT2D eigenvalue weighted by Gasteiger charge is 2.34. The zero-order valence-electron chi connectivity index (χ0n) is 16.6. The third-order valence-corrected chi connectivity index (χ3v) is 6.78. The zero-order valence-corrected chi connectivity index (χ0v) is 17.4. The van der Waals surface area contributed by atoms with Crippen molar-refractivity contribution < 1.29 is 32.2 Å². The van der Waals surface area contributed by atoms with Gasteiger partial charge in [0.05, 0.1) is 17.9 Å². The van der Waals surface area contributed by atoms with Gasteiger partial charge in [0.1, 0.15) is 13.2 Å². The van der Waals surface area contributed by atoms with Crippen LogP contribution in [0.1, 0.15) is 31.7 Å². The van der Waals surface area contributed by atoms with E-state index in [0.717, 1.165) is 12.8 Å². The van der Waals surface area contributed by atoms with Crippen molar-refractivity contribution in [1.82, 2.24) is 4.90 Å². The number of rotatable bonds is 8. The van der Waals surface area contributed by atoms with Crippen LogP contribution in [0.4, 0.5) is 0 Å². The Morgan fingerprint density at radius 3 is 2.66 bits per heavy atom. The van der Waals surface area contributed by atoms with E-state index in [9.17, 15) is 18.0 Å². The molecule has 1 aromatic carbocycles. The maximum Gasteiger partial charge on any atom is 0.310 e. The Morgan fingerprint density at radius 2 is 1.97 bits per heavy atom. The van der Waals surface area contributed by atoms with Crippen molar-refractivity contribution in [2.45, 2.75) is 38.6 Å². The molecule has 1 aromatic rings. The summed E-state index contributed by atoms with van der Waals surface area (Å²) in [7, 11) is -3.10. The molecule has 1 saturated heterocycles. The van der Waals surface area contributed by atoms with E-state index in [0.29, 0.717) is 43.2 Å². The van der Waals surface area contributed by atoms with Crippen LogP contribution >= 0.6 is 0 Å². The molecule has 1 unspecified atom stereocenters. The Bertz CT molecular complexity index is 852. The van der Waals surface area contributed by atoms with Crippen LogP contribution in [-0.4, -0.2) is 69.1 Å². The Morgan fingerprint density at radius 1 is 1.21 bits per heavy atom. The molecule has 0 N–H and O–H groups in total. The van der Waals surface area contributed by atoms with Crippen LogP contribution in [0.15, 0.2) is 18.2 Å². The zero-order chi connectivity index (χ0) is 20.9. The lowest BCUT2D eigenvalue weighted by Gasteiger charge is -2.28. The second-order valence-corrected chi connectivity index (χ2v) is 9.54. The highest BCUT2D eigenvalue weighted by atomic mass is 32.2. The summed E-state index contributed by atoms with van der Waals surface area (Å²) in [4.78, 5) is 26.4. The first-order valence-electron chi connectivity index (χ1n) is 9.92. The summed E-state index contributed by atoms with van der Waals surface area (Å²) >= 11 is 0. The quantitative estimate of drug-likeness (QED) is 0.580. The fourth-order valence-corrected chi connectivity index (χ4v) is 5.23. The Balaban J connectivity index is 1.54. The molecule has 2 heterocycles. The number of carbonyl (C=O) groups excluding carboxylic acids is 2. The van der Waals surface area contributed by atoms with Gasteiger partial charge in [-0.2, -0.15) is 0 Å². The SMILES string of the molecule is CCCCN(C(=O)COC(=O)Cc1ccc2c(c1)OCCO2)C1CCS(=O)(=O)C1. The lowest BCUT2D eigenvalue weighted by atomic mass is 10.1. The van der Waals surface area contributed by atoms with E-state index < -0.39 is 15.8 Å². The van der Waals surface area contributed by atoms with E-state index in [1.807, 2.05) is 6.92 Å². The monoisotopic (exact) mass is 425 g/mol. The fraction of sp³-hybridized carbons (Fsp3) is 0.600. The summed E-state index contributed by atoms with van der Waals surface area (Å²) < 4.78 is 39.7. The topological polar surface area (TPSA) is 99.2 Å². The van der Waals surface area contributed by atoms with E-state index >= 15 is 0 Å². The molecule has 0 spiro atoms. The highest BCUT2D eigenvalue weighted by molar-refractivity contribution is 7.91. The van der Waals surface area contributed by atoms with Crippen molar-refractivity contribution in [3.63, 3.8) is 0 Å². The minimum Gasteiger partial charge on any atom is -0.486 e. The first-order valence-corrected chi connectivity index (χ1v) is 11.7. The summed E-state index contributed by atoms with van der Waals surface area (Å²) in [5.74, 6) is 0.429. The molecule has 1 atom stereocenters. The molecule has 0 aromatic heterocycles. The van der Waals surface area contributed by atoms with Crippen LogP contribution in [0.2, 0.25) is 0 Å². The number of sulfone groups is 1. The molecule has 29 heavy (non-hydrogen) atoms. The molecule has 0 radical (unpaired) electrons. The second-order valence-electron chi connectivity index (χ2n) is 7.31. The molecule has 160 valence electrons. The van der Waals surface area contributed by atoms with Crippen LogP contribution < -0.4 is 9.47 Å². The molecule has 1 fully saturated rings. The van der Waals surface area contributed by atoms with E-state index in [1.165, 1.54) is 0 Å². The maximum absolute atomic E-state index is 12.6. The lowest BCUT2D eigenvalue weighted by molar-refractivity contribution is -0.152. The van der Waals surface area contributed by atoms with E-state index in [-0.39, 0.29) is 36.5 Å². The van der Waals surface area contributed by atoms with E-state index in [1.54, 1.807) is 23.1 Å². The second kappa shape index (κ2) is 9.47. The molecule has 1 amide bonds. The van der Waals surface area contributed by atoms with Gasteiger partial charge in [-0.1, -0.05) is 19.4 Å². The Hall–Kier alpha value is -2.29. The predicted molar refractivity (Wildman–Crippen MR) is 106 cm³/mol. The van der Waals surface area contributed by atoms with Crippen molar-refractivity contribution in [3.05, 3.63) is 23.8 Å². The smallest absolute Gasteiger partial charge is 0.310 e. The van der Waals surface area contributed by atoms with Crippen LogP contribution in [0.3, 0.4) is 0 Å². The van der Waals surface area contributed by atoms with Gasteiger partial charge in [-0.15, -0.1) is 0 Å². The van der Waals surface area contributed by atoms with Crippen LogP contribution in [0.5, 0.6) is 11.5 Å². The van der Waals surface area contributed by atoms with Gasteiger partial charge in [-0.05, 0) is 30.5 Å². The summed E-state index contributed by atoms with van der Waals surface area (Å²) in [6, 6.07) is 4.90. The van der Waals surface area contributed by atoms with Gasteiger partial charge in [-0.25, -0.2) is 8.42 Å². The van der Waals surface area contributed by atoms with Gasteiger partial charge in [0.2, 0.25) is 0 Å². The van der Waals surface area contributed by atoms with Crippen molar-refractivity contribution in [1.29, 1.82) is 0 Å². The standard InChI is InChI=1S/C20H27NO7S/c1-2-3-7-21(16-6-10-29(24,25)14-16)19(22)13-28-20(23)12-15-4-5-17-18(11-15)27-9-8-26-17/h4-5,11,16H,2-3,6-10,12-14H2,1H3. The summed E-state index contributed by atoms with van der Waals surface area (Å²) in [5.41, 5.74) is 0.705. The Kier molecular flexibility index (Phi) is 7.00. The minimum atomic E-state index is -3.10. The van der Waals surface area contributed by atoms with Gasteiger partial charge in [-0.3, -0.25) is 9.59 Å². The van der Waals surface area contributed by atoms with Gasteiger partial charge >= 0.3 is 5.97 Å². The fourth-order valence-electron chi connectivity index (χ4n) is 3.50. The van der Waals surface area contributed by atoms with E-state index in [2.05, 4.69) is 0 Å². The molecule has 0 aliphatic carbocycles. The molecule has 3 rings (SSSR count). The van der Waals surface area contributed by atoms with E-state index in [4.69, 9.17) is 14.2 Å². The predicted octanol–water partition coefficient (Wildman–Crippen LogP) is 1.36. The van der Waals surface area contributed by atoms with Crippen molar-refractivity contribution >= 4 is 21.7 Å². The Labute approximate surface area is 171 Å². The molecule has 2 aliphatic rings. The molecule has 2 aliphatic heterocycles. The number of fused-ring (bicyclic) bond motifs is 1.